The molecule has 14 heavy (non-hydrogen) atoms. The van der Waals surface area contributed by atoms with Crippen molar-refractivity contribution in [2.24, 2.45) is 5.73 Å². The van der Waals surface area contributed by atoms with Crippen LogP contribution in [-0.4, -0.2) is 12.6 Å². The van der Waals surface area contributed by atoms with E-state index in [1.807, 2.05) is 0 Å². The van der Waals surface area contributed by atoms with Gasteiger partial charge in [0.15, 0.2) is 0 Å². The van der Waals surface area contributed by atoms with Crippen molar-refractivity contribution in [2.45, 2.75) is 39.3 Å². The lowest BCUT2D eigenvalue weighted by Gasteiger charge is -2.21. The van der Waals surface area contributed by atoms with E-state index in [9.17, 15) is 0 Å². The number of hydrogen-bond donors (Lipinski definition) is 2. The fraction of sp³-hybridized carbons (Fsp3) is 0.636. The average molecular weight is 212 g/mol. The first-order chi connectivity index (χ1) is 6.69. The molecule has 3 heteroatoms. The Morgan fingerprint density at radius 1 is 1.57 bits per heavy atom. The van der Waals surface area contributed by atoms with Gasteiger partial charge >= 0.3 is 0 Å². The molecule has 3 N–H and O–H groups in total. The number of rotatable bonds is 5. The monoisotopic (exact) mass is 212 g/mol. The Morgan fingerprint density at radius 2 is 2.29 bits per heavy atom. The lowest BCUT2D eigenvalue weighted by atomic mass is 10.1. The highest BCUT2D eigenvalue weighted by molar-refractivity contribution is 7.10. The molecule has 0 amide bonds. The largest absolute Gasteiger partial charge is 0.329 e. The molecule has 1 heterocycles. The number of nitrogens with one attached hydrogen (secondary N) is 1. The molecule has 0 fully saturated rings. The second kappa shape index (κ2) is 5.49. The predicted molar refractivity (Wildman–Crippen MR) is 63.7 cm³/mol. The van der Waals surface area contributed by atoms with E-state index >= 15 is 0 Å². The van der Waals surface area contributed by atoms with Crippen molar-refractivity contribution in [1.29, 1.82) is 0 Å². The van der Waals surface area contributed by atoms with Crippen molar-refractivity contribution >= 4 is 11.3 Å². The van der Waals surface area contributed by atoms with E-state index in [0.717, 1.165) is 6.42 Å². The standard InChI is InChI=1S/C11H20N2S/c1-4-9(3)13-10(7-12)11-8(2)5-6-14-11/h5-6,9-10,13H,4,7,12H2,1-3H3. The second-order valence-corrected chi connectivity index (χ2v) is 4.68. The highest BCUT2D eigenvalue weighted by Crippen LogP contribution is 2.23. The highest BCUT2D eigenvalue weighted by Gasteiger charge is 2.14. The molecule has 0 saturated heterocycles. The molecule has 0 radical (unpaired) electrons. The van der Waals surface area contributed by atoms with Crippen molar-refractivity contribution in [3.05, 3.63) is 21.9 Å². The van der Waals surface area contributed by atoms with E-state index in [4.69, 9.17) is 5.73 Å². The molecule has 0 aromatic carbocycles. The number of thiophene rings is 1. The number of aryl methyl sites for hydroxylation is 1. The average Bonchev–Trinajstić information content (AvgIpc) is 2.60. The summed E-state index contributed by atoms with van der Waals surface area (Å²) >= 11 is 1.79. The van der Waals surface area contributed by atoms with Gasteiger partial charge in [-0.05, 0) is 37.3 Å². The van der Waals surface area contributed by atoms with Gasteiger partial charge in [-0.2, -0.15) is 0 Å². The Kier molecular flexibility index (Phi) is 4.58. The van der Waals surface area contributed by atoms with Gasteiger partial charge in [-0.25, -0.2) is 0 Å². The first kappa shape index (κ1) is 11.7. The van der Waals surface area contributed by atoms with Crippen LogP contribution in [0.4, 0.5) is 0 Å². The topological polar surface area (TPSA) is 38.0 Å². The fourth-order valence-electron chi connectivity index (χ4n) is 1.45. The molecule has 0 aliphatic rings. The lowest BCUT2D eigenvalue weighted by molar-refractivity contribution is 0.455. The summed E-state index contributed by atoms with van der Waals surface area (Å²) in [4.78, 5) is 1.38. The fourth-order valence-corrected chi connectivity index (χ4v) is 2.45. The van der Waals surface area contributed by atoms with E-state index in [0.29, 0.717) is 18.6 Å². The Bertz CT molecular complexity index is 270. The second-order valence-electron chi connectivity index (χ2n) is 3.73. The van der Waals surface area contributed by atoms with Gasteiger partial charge in [-0.1, -0.05) is 6.92 Å². The first-order valence-corrected chi connectivity index (χ1v) is 6.07. The Balaban J connectivity index is 2.67. The van der Waals surface area contributed by atoms with E-state index in [1.165, 1.54) is 10.4 Å². The summed E-state index contributed by atoms with van der Waals surface area (Å²) in [6.07, 6.45) is 1.14. The molecular formula is C11H20N2S. The third-order valence-corrected chi connectivity index (χ3v) is 3.68. The normalized spacial score (nSPS) is 15.4. The molecular weight excluding hydrogens is 192 g/mol. The van der Waals surface area contributed by atoms with Crippen LogP contribution in [0, 0.1) is 6.92 Å². The van der Waals surface area contributed by atoms with Crippen LogP contribution in [0.5, 0.6) is 0 Å². The molecule has 1 aromatic heterocycles. The van der Waals surface area contributed by atoms with E-state index in [1.54, 1.807) is 11.3 Å². The Morgan fingerprint density at radius 3 is 2.71 bits per heavy atom. The van der Waals surface area contributed by atoms with Crippen LogP contribution < -0.4 is 11.1 Å². The minimum absolute atomic E-state index is 0.324. The number of hydrogen-bond acceptors (Lipinski definition) is 3. The molecule has 0 aliphatic carbocycles. The van der Waals surface area contributed by atoms with Crippen molar-refractivity contribution in [1.82, 2.24) is 5.32 Å². The summed E-state index contributed by atoms with van der Waals surface area (Å²) < 4.78 is 0. The summed E-state index contributed by atoms with van der Waals surface area (Å²) in [5.74, 6) is 0. The zero-order valence-corrected chi connectivity index (χ0v) is 10.0. The summed E-state index contributed by atoms with van der Waals surface area (Å²) in [7, 11) is 0. The van der Waals surface area contributed by atoms with Gasteiger partial charge < -0.3 is 11.1 Å². The van der Waals surface area contributed by atoms with Crippen LogP contribution in [0.15, 0.2) is 11.4 Å². The van der Waals surface area contributed by atoms with Crippen LogP contribution in [-0.2, 0) is 0 Å². The van der Waals surface area contributed by atoms with Crippen molar-refractivity contribution in [3.63, 3.8) is 0 Å². The maximum Gasteiger partial charge on any atom is 0.0543 e. The first-order valence-electron chi connectivity index (χ1n) is 5.19. The molecule has 80 valence electrons. The van der Waals surface area contributed by atoms with Gasteiger partial charge in [0.2, 0.25) is 0 Å². The summed E-state index contributed by atoms with van der Waals surface area (Å²) in [6, 6.07) is 3.01. The van der Waals surface area contributed by atoms with Gasteiger partial charge in [0, 0.05) is 17.5 Å². The smallest absolute Gasteiger partial charge is 0.0543 e. The molecule has 1 aromatic rings. The molecule has 0 saturated carbocycles. The lowest BCUT2D eigenvalue weighted by Crippen LogP contribution is -2.34. The third-order valence-electron chi connectivity index (χ3n) is 2.55. The third kappa shape index (κ3) is 2.80. The summed E-state index contributed by atoms with van der Waals surface area (Å²) in [5.41, 5.74) is 7.13. The minimum atomic E-state index is 0.324. The van der Waals surface area contributed by atoms with Gasteiger partial charge in [-0.3, -0.25) is 0 Å². The summed E-state index contributed by atoms with van der Waals surface area (Å²) in [6.45, 7) is 7.20. The van der Waals surface area contributed by atoms with Crippen LogP contribution in [0.2, 0.25) is 0 Å². The molecule has 2 nitrogen and oxygen atoms in total. The molecule has 0 aliphatic heterocycles. The predicted octanol–water partition coefficient (Wildman–Crippen LogP) is 2.44. The molecule has 2 atom stereocenters. The molecule has 0 bridgehead atoms. The maximum atomic E-state index is 5.78. The van der Waals surface area contributed by atoms with E-state index < -0.39 is 0 Å². The van der Waals surface area contributed by atoms with Gasteiger partial charge in [0.25, 0.3) is 0 Å². The molecule has 0 spiro atoms. The van der Waals surface area contributed by atoms with Crippen molar-refractivity contribution < 1.29 is 0 Å². The van der Waals surface area contributed by atoms with Gasteiger partial charge in [0.05, 0.1) is 6.04 Å². The quantitative estimate of drug-likeness (QED) is 0.787. The van der Waals surface area contributed by atoms with E-state index in [2.05, 4.69) is 37.5 Å². The Hall–Kier alpha value is -0.380. The highest BCUT2D eigenvalue weighted by atomic mass is 32.1. The maximum absolute atomic E-state index is 5.78. The summed E-state index contributed by atoms with van der Waals surface area (Å²) in [5, 5.41) is 5.68. The van der Waals surface area contributed by atoms with Gasteiger partial charge in [-0.15, -0.1) is 11.3 Å². The van der Waals surface area contributed by atoms with E-state index in [-0.39, 0.29) is 0 Å². The minimum Gasteiger partial charge on any atom is -0.329 e. The SMILES string of the molecule is CCC(C)NC(CN)c1sccc1C. The molecule has 1 rings (SSSR count). The van der Waals surface area contributed by atoms with Crippen LogP contribution in [0.25, 0.3) is 0 Å². The van der Waals surface area contributed by atoms with Crippen molar-refractivity contribution in [3.8, 4) is 0 Å². The zero-order valence-electron chi connectivity index (χ0n) is 9.21. The Labute approximate surface area is 90.5 Å². The molecule has 2 unspecified atom stereocenters. The number of nitrogens with two attached hydrogens (primary N) is 1. The zero-order chi connectivity index (χ0) is 10.6. The van der Waals surface area contributed by atoms with Crippen molar-refractivity contribution in [2.75, 3.05) is 6.54 Å². The van der Waals surface area contributed by atoms with Crippen LogP contribution >= 0.6 is 11.3 Å². The van der Waals surface area contributed by atoms with Gasteiger partial charge in [0.1, 0.15) is 0 Å². The van der Waals surface area contributed by atoms with Crippen LogP contribution in [0.1, 0.15) is 36.8 Å². The van der Waals surface area contributed by atoms with Crippen LogP contribution in [0.3, 0.4) is 0 Å².